The molecule has 4 heteroatoms. The Hall–Kier alpha value is -0.610. The lowest BCUT2D eigenvalue weighted by molar-refractivity contribution is -0.150. The normalized spacial score (nSPS) is 29.6. The first-order valence-electron chi connectivity index (χ1n) is 6.21. The molecule has 1 heterocycles. The van der Waals surface area contributed by atoms with Gasteiger partial charge in [-0.25, -0.2) is 0 Å². The summed E-state index contributed by atoms with van der Waals surface area (Å²) in [6.07, 6.45) is 3.74. The van der Waals surface area contributed by atoms with Gasteiger partial charge in [0.05, 0.1) is 24.9 Å². The second kappa shape index (κ2) is 5.15. The fourth-order valence-electron chi connectivity index (χ4n) is 2.56. The van der Waals surface area contributed by atoms with Gasteiger partial charge in [0.1, 0.15) is 6.61 Å². The molecule has 1 aliphatic carbocycles. The van der Waals surface area contributed by atoms with Gasteiger partial charge in [-0.15, -0.1) is 0 Å². The van der Waals surface area contributed by atoms with Crippen molar-refractivity contribution in [3.05, 3.63) is 0 Å². The monoisotopic (exact) mass is 227 g/mol. The van der Waals surface area contributed by atoms with Crippen molar-refractivity contribution in [3.8, 4) is 0 Å². The largest absolute Gasteiger partial charge is 0.374 e. The van der Waals surface area contributed by atoms with E-state index in [0.717, 1.165) is 19.4 Å². The van der Waals surface area contributed by atoms with Crippen LogP contribution in [-0.2, 0) is 14.3 Å². The molecule has 0 aromatic rings. The summed E-state index contributed by atoms with van der Waals surface area (Å²) in [6, 6.07) is 0.303. The van der Waals surface area contributed by atoms with Crippen molar-refractivity contribution < 1.29 is 14.3 Å². The predicted molar refractivity (Wildman–Crippen MR) is 60.2 cm³/mol. The molecule has 16 heavy (non-hydrogen) atoms. The molecule has 0 aromatic carbocycles. The molecule has 0 bridgehead atoms. The maximum atomic E-state index is 12.0. The molecule has 0 spiro atoms. The van der Waals surface area contributed by atoms with Crippen LogP contribution in [0.2, 0.25) is 0 Å². The third-order valence-electron chi connectivity index (χ3n) is 3.34. The highest BCUT2D eigenvalue weighted by molar-refractivity contribution is 5.78. The molecule has 92 valence electrons. The molecular weight excluding hydrogens is 206 g/mol. The van der Waals surface area contributed by atoms with E-state index in [9.17, 15) is 4.79 Å². The number of hydrogen-bond acceptors (Lipinski definition) is 3. The van der Waals surface area contributed by atoms with E-state index in [1.54, 1.807) is 0 Å². The Morgan fingerprint density at radius 3 is 3.06 bits per heavy atom. The van der Waals surface area contributed by atoms with Crippen LogP contribution in [0.1, 0.15) is 33.1 Å². The smallest absolute Gasteiger partial charge is 0.248 e. The molecule has 1 amide bonds. The molecule has 0 N–H and O–H groups in total. The summed E-state index contributed by atoms with van der Waals surface area (Å²) in [4.78, 5) is 14.0. The molecule has 2 aliphatic rings. The number of ether oxygens (including phenoxy) is 2. The van der Waals surface area contributed by atoms with Crippen LogP contribution in [0.3, 0.4) is 0 Å². The maximum absolute atomic E-state index is 12.0. The van der Waals surface area contributed by atoms with Gasteiger partial charge in [0.2, 0.25) is 5.91 Å². The van der Waals surface area contributed by atoms with Crippen molar-refractivity contribution >= 4 is 5.91 Å². The summed E-state index contributed by atoms with van der Waals surface area (Å²) in [5.74, 6) is 0.119. The van der Waals surface area contributed by atoms with E-state index in [1.807, 2.05) is 18.7 Å². The van der Waals surface area contributed by atoms with E-state index in [1.165, 1.54) is 6.42 Å². The minimum absolute atomic E-state index is 0.115. The molecule has 1 aliphatic heterocycles. The van der Waals surface area contributed by atoms with Gasteiger partial charge in [-0.1, -0.05) is 0 Å². The number of hydrogen-bond donors (Lipinski definition) is 0. The molecular formula is C12H21NO3. The van der Waals surface area contributed by atoms with Gasteiger partial charge >= 0.3 is 0 Å². The molecule has 0 radical (unpaired) electrons. The Morgan fingerprint density at radius 1 is 1.50 bits per heavy atom. The SMILES string of the molecule is CC(C)OCC(=O)N1CCOC2CCCC21. The topological polar surface area (TPSA) is 38.8 Å². The predicted octanol–water partition coefficient (Wildman–Crippen LogP) is 1.19. The summed E-state index contributed by atoms with van der Waals surface area (Å²) in [7, 11) is 0. The molecule has 2 atom stereocenters. The van der Waals surface area contributed by atoms with Gasteiger partial charge in [-0.2, -0.15) is 0 Å². The molecule has 4 nitrogen and oxygen atoms in total. The summed E-state index contributed by atoms with van der Waals surface area (Å²) in [5.41, 5.74) is 0. The van der Waals surface area contributed by atoms with Crippen LogP contribution in [0.25, 0.3) is 0 Å². The van der Waals surface area contributed by atoms with Crippen LogP contribution in [0, 0.1) is 0 Å². The lowest BCUT2D eigenvalue weighted by Crippen LogP contribution is -2.52. The Bertz CT molecular complexity index is 255. The zero-order valence-corrected chi connectivity index (χ0v) is 10.1. The highest BCUT2D eigenvalue weighted by Crippen LogP contribution is 2.29. The molecule has 1 saturated heterocycles. The fourth-order valence-corrected chi connectivity index (χ4v) is 2.56. The second-order valence-electron chi connectivity index (χ2n) is 4.85. The first kappa shape index (κ1) is 11.9. The number of fused-ring (bicyclic) bond motifs is 1. The number of amides is 1. The van der Waals surface area contributed by atoms with Crippen molar-refractivity contribution in [2.75, 3.05) is 19.8 Å². The number of morpholine rings is 1. The van der Waals surface area contributed by atoms with Crippen LogP contribution >= 0.6 is 0 Å². The van der Waals surface area contributed by atoms with Gasteiger partial charge in [-0.05, 0) is 33.1 Å². The summed E-state index contributed by atoms with van der Waals surface area (Å²) < 4.78 is 11.0. The van der Waals surface area contributed by atoms with E-state index in [4.69, 9.17) is 9.47 Å². The number of carbonyl (C=O) groups excluding carboxylic acids is 1. The van der Waals surface area contributed by atoms with Gasteiger partial charge in [-0.3, -0.25) is 4.79 Å². The molecule has 2 fully saturated rings. The summed E-state index contributed by atoms with van der Waals surface area (Å²) >= 11 is 0. The van der Waals surface area contributed by atoms with Crippen LogP contribution in [0.5, 0.6) is 0 Å². The highest BCUT2D eigenvalue weighted by atomic mass is 16.5. The standard InChI is InChI=1S/C12H21NO3/c1-9(2)16-8-12(14)13-6-7-15-11-5-3-4-10(11)13/h9-11H,3-8H2,1-2H3. The van der Waals surface area contributed by atoms with Crippen molar-refractivity contribution in [3.63, 3.8) is 0 Å². The highest BCUT2D eigenvalue weighted by Gasteiger charge is 2.38. The zero-order chi connectivity index (χ0) is 11.5. The third kappa shape index (κ3) is 2.55. The van der Waals surface area contributed by atoms with Crippen molar-refractivity contribution in [2.24, 2.45) is 0 Å². The van der Waals surface area contributed by atoms with Gasteiger partial charge in [0, 0.05) is 6.54 Å². The van der Waals surface area contributed by atoms with Crippen molar-refractivity contribution in [2.45, 2.75) is 51.4 Å². The number of nitrogens with zero attached hydrogens (tertiary/aromatic N) is 1. The van der Waals surface area contributed by atoms with E-state index in [0.29, 0.717) is 12.6 Å². The third-order valence-corrected chi connectivity index (χ3v) is 3.34. The van der Waals surface area contributed by atoms with E-state index < -0.39 is 0 Å². The Labute approximate surface area is 96.9 Å². The van der Waals surface area contributed by atoms with E-state index in [2.05, 4.69) is 0 Å². The zero-order valence-electron chi connectivity index (χ0n) is 10.1. The molecule has 2 rings (SSSR count). The number of rotatable bonds is 3. The minimum atomic E-state index is 0.115. The minimum Gasteiger partial charge on any atom is -0.374 e. The average molecular weight is 227 g/mol. The van der Waals surface area contributed by atoms with Crippen molar-refractivity contribution in [1.29, 1.82) is 0 Å². The van der Waals surface area contributed by atoms with Gasteiger partial charge in [0.25, 0.3) is 0 Å². The average Bonchev–Trinajstić information content (AvgIpc) is 2.73. The van der Waals surface area contributed by atoms with Gasteiger partial charge < -0.3 is 14.4 Å². The number of carbonyl (C=O) groups is 1. The summed E-state index contributed by atoms with van der Waals surface area (Å²) in [5, 5.41) is 0. The second-order valence-corrected chi connectivity index (χ2v) is 4.85. The van der Waals surface area contributed by atoms with E-state index in [-0.39, 0.29) is 24.7 Å². The van der Waals surface area contributed by atoms with Gasteiger partial charge in [0.15, 0.2) is 0 Å². The molecule has 2 unspecified atom stereocenters. The van der Waals surface area contributed by atoms with Crippen LogP contribution < -0.4 is 0 Å². The summed E-state index contributed by atoms with van der Waals surface area (Å²) in [6.45, 7) is 5.51. The lowest BCUT2D eigenvalue weighted by atomic mass is 10.1. The first-order chi connectivity index (χ1) is 7.68. The lowest BCUT2D eigenvalue weighted by Gasteiger charge is -2.37. The van der Waals surface area contributed by atoms with Crippen molar-refractivity contribution in [1.82, 2.24) is 4.90 Å². The quantitative estimate of drug-likeness (QED) is 0.727. The first-order valence-corrected chi connectivity index (χ1v) is 6.21. The Balaban J connectivity index is 1.89. The Morgan fingerprint density at radius 2 is 2.31 bits per heavy atom. The van der Waals surface area contributed by atoms with Crippen LogP contribution in [0.15, 0.2) is 0 Å². The van der Waals surface area contributed by atoms with E-state index >= 15 is 0 Å². The van der Waals surface area contributed by atoms with Crippen LogP contribution in [0.4, 0.5) is 0 Å². The molecule has 0 aromatic heterocycles. The Kier molecular flexibility index (Phi) is 3.82. The fraction of sp³-hybridized carbons (Fsp3) is 0.917. The van der Waals surface area contributed by atoms with Crippen LogP contribution in [-0.4, -0.2) is 48.8 Å². The maximum Gasteiger partial charge on any atom is 0.248 e. The molecule has 1 saturated carbocycles.